The van der Waals surface area contributed by atoms with E-state index in [0.717, 1.165) is 31.4 Å². The fraction of sp³-hybridized carbons (Fsp3) is 0.500. The number of carboxylic acid groups (broad SMARTS) is 1. The summed E-state index contributed by atoms with van der Waals surface area (Å²) < 4.78 is 0. The zero-order chi connectivity index (χ0) is 15.1. The first-order valence-electron chi connectivity index (χ1n) is 7.46. The third-order valence-corrected chi connectivity index (χ3v) is 3.75. The van der Waals surface area contributed by atoms with Crippen molar-refractivity contribution >= 4 is 17.6 Å². The number of benzene rings is 1. The van der Waals surface area contributed by atoms with Crippen LogP contribution in [0.4, 0.5) is 5.69 Å². The molecule has 1 fully saturated rings. The number of carbonyl (C=O) groups is 2. The second kappa shape index (κ2) is 7.67. The van der Waals surface area contributed by atoms with E-state index in [-0.39, 0.29) is 25.0 Å². The van der Waals surface area contributed by atoms with Gasteiger partial charge in [-0.05, 0) is 25.0 Å². The Morgan fingerprint density at radius 1 is 1.10 bits per heavy atom. The number of hydrogen-bond donors (Lipinski definition) is 2. The van der Waals surface area contributed by atoms with E-state index in [1.165, 1.54) is 6.42 Å². The third kappa shape index (κ3) is 5.10. The Balaban J connectivity index is 1.94. The highest BCUT2D eigenvalue weighted by Gasteiger charge is 2.19. The van der Waals surface area contributed by atoms with Gasteiger partial charge in [-0.15, -0.1) is 0 Å². The highest BCUT2D eigenvalue weighted by atomic mass is 16.4. The van der Waals surface area contributed by atoms with Crippen molar-refractivity contribution in [3.05, 3.63) is 30.3 Å². The summed E-state index contributed by atoms with van der Waals surface area (Å²) in [6.45, 7) is -0.102. The van der Waals surface area contributed by atoms with Crippen molar-refractivity contribution < 1.29 is 14.7 Å². The summed E-state index contributed by atoms with van der Waals surface area (Å²) in [7, 11) is 0. The van der Waals surface area contributed by atoms with E-state index in [2.05, 4.69) is 5.32 Å². The number of para-hydroxylation sites is 1. The zero-order valence-electron chi connectivity index (χ0n) is 12.1. The number of rotatable bonds is 6. The lowest BCUT2D eigenvalue weighted by atomic mass is 9.95. The van der Waals surface area contributed by atoms with Gasteiger partial charge in [0.05, 0.1) is 6.54 Å². The van der Waals surface area contributed by atoms with E-state index in [9.17, 15) is 9.59 Å². The normalized spacial score (nSPS) is 15.4. The van der Waals surface area contributed by atoms with Crippen molar-refractivity contribution in [2.24, 2.45) is 0 Å². The number of nitrogens with zero attached hydrogens (tertiary/aromatic N) is 1. The van der Waals surface area contributed by atoms with Gasteiger partial charge in [0.1, 0.15) is 6.54 Å². The summed E-state index contributed by atoms with van der Waals surface area (Å²) in [5.74, 6) is -1.05. The molecule has 1 amide bonds. The van der Waals surface area contributed by atoms with Crippen LogP contribution in [-0.2, 0) is 9.59 Å². The first kappa shape index (κ1) is 15.4. The van der Waals surface area contributed by atoms with Crippen LogP contribution in [0.25, 0.3) is 0 Å². The second-order valence-electron chi connectivity index (χ2n) is 5.49. The molecule has 0 saturated heterocycles. The minimum atomic E-state index is -0.940. The zero-order valence-corrected chi connectivity index (χ0v) is 12.1. The summed E-state index contributed by atoms with van der Waals surface area (Å²) in [4.78, 5) is 24.7. The molecule has 1 aromatic rings. The van der Waals surface area contributed by atoms with Crippen LogP contribution in [-0.4, -0.2) is 36.1 Å². The van der Waals surface area contributed by atoms with Gasteiger partial charge >= 0.3 is 5.97 Å². The Labute approximate surface area is 125 Å². The SMILES string of the molecule is O=C(O)CN(CC(=O)NC1CCCCC1)c1ccccc1. The maximum Gasteiger partial charge on any atom is 0.323 e. The quantitative estimate of drug-likeness (QED) is 0.841. The second-order valence-corrected chi connectivity index (χ2v) is 5.49. The predicted molar refractivity (Wildman–Crippen MR) is 81.3 cm³/mol. The number of amides is 1. The van der Waals surface area contributed by atoms with Crippen LogP contribution in [0.2, 0.25) is 0 Å². The van der Waals surface area contributed by atoms with E-state index >= 15 is 0 Å². The van der Waals surface area contributed by atoms with Gasteiger partial charge in [0.2, 0.25) is 5.91 Å². The molecular weight excluding hydrogens is 268 g/mol. The minimum absolute atomic E-state index is 0.0762. The van der Waals surface area contributed by atoms with E-state index < -0.39 is 5.97 Å². The van der Waals surface area contributed by atoms with Crippen molar-refractivity contribution in [2.75, 3.05) is 18.0 Å². The molecule has 21 heavy (non-hydrogen) atoms. The molecule has 0 heterocycles. The number of hydrogen-bond acceptors (Lipinski definition) is 3. The number of nitrogens with one attached hydrogen (secondary N) is 1. The molecule has 114 valence electrons. The van der Waals surface area contributed by atoms with Crippen molar-refractivity contribution in [3.63, 3.8) is 0 Å². The molecule has 0 radical (unpaired) electrons. The molecule has 1 aliphatic carbocycles. The average Bonchev–Trinajstić information content (AvgIpc) is 2.48. The van der Waals surface area contributed by atoms with Crippen molar-refractivity contribution in [2.45, 2.75) is 38.1 Å². The highest BCUT2D eigenvalue weighted by Crippen LogP contribution is 2.17. The van der Waals surface area contributed by atoms with Gasteiger partial charge in [0, 0.05) is 11.7 Å². The maximum absolute atomic E-state index is 12.1. The van der Waals surface area contributed by atoms with Gasteiger partial charge in [0.25, 0.3) is 0 Å². The molecular formula is C16H22N2O3. The Morgan fingerprint density at radius 2 is 1.76 bits per heavy atom. The van der Waals surface area contributed by atoms with E-state index in [1.807, 2.05) is 30.3 Å². The number of anilines is 1. The molecule has 0 unspecified atom stereocenters. The van der Waals surface area contributed by atoms with Crippen LogP contribution in [0.15, 0.2) is 30.3 Å². The first-order chi connectivity index (χ1) is 10.1. The van der Waals surface area contributed by atoms with E-state index in [4.69, 9.17) is 5.11 Å². The topological polar surface area (TPSA) is 69.6 Å². The van der Waals surface area contributed by atoms with Crippen LogP contribution >= 0.6 is 0 Å². The smallest absolute Gasteiger partial charge is 0.323 e. The average molecular weight is 290 g/mol. The lowest BCUT2D eigenvalue weighted by Gasteiger charge is -2.26. The molecule has 0 aliphatic heterocycles. The van der Waals surface area contributed by atoms with Gasteiger partial charge in [-0.25, -0.2) is 0 Å². The molecule has 0 spiro atoms. The van der Waals surface area contributed by atoms with Crippen molar-refractivity contribution in [3.8, 4) is 0 Å². The van der Waals surface area contributed by atoms with E-state index in [1.54, 1.807) is 4.90 Å². The fourth-order valence-corrected chi connectivity index (χ4v) is 2.73. The van der Waals surface area contributed by atoms with Gasteiger partial charge in [-0.2, -0.15) is 0 Å². The van der Waals surface area contributed by atoms with Gasteiger partial charge in [-0.1, -0.05) is 37.5 Å². The molecule has 5 nitrogen and oxygen atoms in total. The van der Waals surface area contributed by atoms with Crippen molar-refractivity contribution in [1.82, 2.24) is 5.32 Å². The molecule has 5 heteroatoms. The van der Waals surface area contributed by atoms with Gasteiger partial charge in [0.15, 0.2) is 0 Å². The highest BCUT2D eigenvalue weighted by molar-refractivity contribution is 5.84. The lowest BCUT2D eigenvalue weighted by molar-refractivity contribution is -0.135. The summed E-state index contributed by atoms with van der Waals surface area (Å²) in [6, 6.07) is 9.42. The Morgan fingerprint density at radius 3 is 2.38 bits per heavy atom. The van der Waals surface area contributed by atoms with Crippen LogP contribution in [0.1, 0.15) is 32.1 Å². The van der Waals surface area contributed by atoms with Gasteiger partial charge < -0.3 is 15.3 Å². The maximum atomic E-state index is 12.1. The standard InChI is InChI=1S/C16H22N2O3/c19-15(17-13-7-3-1-4-8-13)11-18(12-16(20)21)14-9-5-2-6-10-14/h2,5-6,9-10,13H,1,3-4,7-8,11-12H2,(H,17,19)(H,20,21). The predicted octanol–water partition coefficient (Wildman–Crippen LogP) is 2.03. The summed E-state index contributed by atoms with van der Waals surface area (Å²) in [6.07, 6.45) is 5.60. The first-order valence-corrected chi connectivity index (χ1v) is 7.46. The number of carboxylic acids is 1. The fourth-order valence-electron chi connectivity index (χ4n) is 2.73. The minimum Gasteiger partial charge on any atom is -0.480 e. The molecule has 2 N–H and O–H groups in total. The molecule has 0 bridgehead atoms. The summed E-state index contributed by atoms with van der Waals surface area (Å²) in [5, 5.41) is 12.0. The summed E-state index contributed by atoms with van der Waals surface area (Å²) >= 11 is 0. The van der Waals surface area contributed by atoms with Crippen molar-refractivity contribution in [1.29, 1.82) is 0 Å². The van der Waals surface area contributed by atoms with Crippen LogP contribution < -0.4 is 10.2 Å². The number of aliphatic carboxylic acids is 1. The van der Waals surface area contributed by atoms with Crippen LogP contribution in [0.5, 0.6) is 0 Å². The molecule has 1 aromatic carbocycles. The summed E-state index contributed by atoms with van der Waals surface area (Å²) in [5.41, 5.74) is 0.749. The lowest BCUT2D eigenvalue weighted by Crippen LogP contribution is -2.44. The molecule has 0 atom stereocenters. The largest absolute Gasteiger partial charge is 0.480 e. The number of carbonyl (C=O) groups excluding carboxylic acids is 1. The third-order valence-electron chi connectivity index (χ3n) is 3.75. The molecule has 1 aliphatic rings. The van der Waals surface area contributed by atoms with Crippen LogP contribution in [0.3, 0.4) is 0 Å². The van der Waals surface area contributed by atoms with Gasteiger partial charge in [-0.3, -0.25) is 9.59 Å². The molecule has 2 rings (SSSR count). The van der Waals surface area contributed by atoms with E-state index in [0.29, 0.717) is 0 Å². The Hall–Kier alpha value is -2.04. The Kier molecular flexibility index (Phi) is 5.60. The molecule has 0 aromatic heterocycles. The molecule has 1 saturated carbocycles. The monoisotopic (exact) mass is 290 g/mol. The Bertz CT molecular complexity index is 470. The van der Waals surface area contributed by atoms with Crippen LogP contribution in [0, 0.1) is 0 Å².